The summed E-state index contributed by atoms with van der Waals surface area (Å²) in [5.74, 6) is 5.34. The molecule has 0 heterocycles. The van der Waals surface area contributed by atoms with Crippen LogP contribution >= 0.6 is 0 Å². The predicted octanol–water partition coefficient (Wildman–Crippen LogP) is 14.2. The van der Waals surface area contributed by atoms with Crippen molar-refractivity contribution >= 4 is 5.97 Å². The Bertz CT molecular complexity index is 934. The fourth-order valence-electron chi connectivity index (χ4n) is 11.6. The summed E-state index contributed by atoms with van der Waals surface area (Å²) in [6.07, 6.45) is 38.4. The molecule has 2 nitrogen and oxygen atoms in total. The summed E-state index contributed by atoms with van der Waals surface area (Å²) in [5, 5.41) is 0. The molecule has 47 heavy (non-hydrogen) atoms. The van der Waals surface area contributed by atoms with Gasteiger partial charge in [-0.1, -0.05) is 162 Å². The maximum atomic E-state index is 12.8. The molecule has 4 aliphatic carbocycles. The Morgan fingerprint density at radius 3 is 1.98 bits per heavy atom. The molecular weight excluding hydrogens is 572 g/mol. The van der Waals surface area contributed by atoms with Crippen molar-refractivity contribution in [2.75, 3.05) is 0 Å². The highest BCUT2D eigenvalue weighted by molar-refractivity contribution is 5.69. The van der Waals surface area contributed by atoms with Crippen LogP contribution in [0.5, 0.6) is 0 Å². The Balaban J connectivity index is 1.10. The number of hydrogen-bond donors (Lipinski definition) is 0. The maximum Gasteiger partial charge on any atom is 0.306 e. The third-order valence-electron chi connectivity index (χ3n) is 14.5. The van der Waals surface area contributed by atoms with E-state index in [1.54, 1.807) is 5.57 Å². The fraction of sp³-hybridized carbons (Fsp3) is 0.933. The first-order valence-electron chi connectivity index (χ1n) is 21.6. The predicted molar refractivity (Wildman–Crippen MR) is 202 cm³/mol. The molecule has 0 bridgehead atoms. The minimum Gasteiger partial charge on any atom is -0.462 e. The van der Waals surface area contributed by atoms with E-state index in [1.807, 2.05) is 0 Å². The van der Waals surface area contributed by atoms with Crippen LogP contribution < -0.4 is 0 Å². The van der Waals surface area contributed by atoms with Gasteiger partial charge in [0.1, 0.15) is 6.10 Å². The molecule has 4 aliphatic rings. The van der Waals surface area contributed by atoms with E-state index in [-0.39, 0.29) is 12.1 Å². The van der Waals surface area contributed by atoms with Crippen molar-refractivity contribution in [2.45, 2.75) is 221 Å². The van der Waals surface area contributed by atoms with Gasteiger partial charge < -0.3 is 4.74 Å². The van der Waals surface area contributed by atoms with Gasteiger partial charge in [0.15, 0.2) is 0 Å². The van der Waals surface area contributed by atoms with Crippen LogP contribution in [-0.4, -0.2) is 12.1 Å². The van der Waals surface area contributed by atoms with Crippen molar-refractivity contribution in [3.8, 4) is 0 Å². The van der Waals surface area contributed by atoms with Gasteiger partial charge in [0, 0.05) is 12.8 Å². The summed E-state index contributed by atoms with van der Waals surface area (Å²) in [4.78, 5) is 12.8. The van der Waals surface area contributed by atoms with Gasteiger partial charge in [0.2, 0.25) is 0 Å². The summed E-state index contributed by atoms with van der Waals surface area (Å²) >= 11 is 0. The lowest BCUT2D eigenvalue weighted by Crippen LogP contribution is -2.51. The number of rotatable bonds is 22. The fourth-order valence-corrected chi connectivity index (χ4v) is 11.6. The summed E-state index contributed by atoms with van der Waals surface area (Å²) < 4.78 is 6.13. The normalized spacial score (nSPS) is 32.4. The molecule has 0 aromatic rings. The number of unbranched alkanes of at least 4 members (excludes halogenated alkanes) is 14. The molecular formula is C45H80O2. The number of fused-ring (bicyclic) bond motifs is 5. The number of allylic oxidation sites excluding steroid dienone is 1. The third kappa shape index (κ3) is 10.8. The Hall–Kier alpha value is -0.790. The molecule has 4 rings (SSSR count). The second-order valence-corrected chi connectivity index (χ2v) is 18.3. The second kappa shape index (κ2) is 19.6. The lowest BCUT2D eigenvalue weighted by Gasteiger charge is -2.58. The van der Waals surface area contributed by atoms with Crippen LogP contribution in [0, 0.1) is 46.3 Å². The molecule has 0 aromatic carbocycles. The topological polar surface area (TPSA) is 26.3 Å². The molecule has 0 radical (unpaired) electrons. The van der Waals surface area contributed by atoms with Crippen molar-refractivity contribution in [1.29, 1.82) is 0 Å². The average molecular weight is 653 g/mol. The standard InChI is InChI=1S/C45H80O2/c1-7-8-9-10-11-12-13-14-15-16-17-18-19-20-21-25-43(46)47-38-30-32-44(5)37(34-38)26-27-39-41-29-28-40(36(4)24-22-23-35(2)3)45(41,6)33-31-42(39)44/h26,35-36,38-42H,7-25,27-34H2,1-6H3/t36-,38-,39-,40-,41-,42-,44-,45+/m0/s1. The van der Waals surface area contributed by atoms with Crippen LogP contribution in [0.25, 0.3) is 0 Å². The molecule has 272 valence electrons. The number of carbonyl (C=O) groups is 1. The summed E-state index contributed by atoms with van der Waals surface area (Å²) in [6.45, 7) is 15.0. The molecule has 3 fully saturated rings. The maximum absolute atomic E-state index is 12.8. The largest absolute Gasteiger partial charge is 0.462 e. The lowest BCUT2D eigenvalue weighted by molar-refractivity contribution is -0.151. The van der Waals surface area contributed by atoms with Crippen molar-refractivity contribution in [3.63, 3.8) is 0 Å². The number of hydrogen-bond acceptors (Lipinski definition) is 2. The Labute approximate surface area is 293 Å². The van der Waals surface area contributed by atoms with Gasteiger partial charge in [-0.3, -0.25) is 4.79 Å². The number of carbonyl (C=O) groups excluding carboxylic acids is 1. The monoisotopic (exact) mass is 653 g/mol. The zero-order valence-electron chi connectivity index (χ0n) is 32.5. The minimum absolute atomic E-state index is 0.0653. The molecule has 0 N–H and O–H groups in total. The first kappa shape index (κ1) is 39.0. The van der Waals surface area contributed by atoms with E-state index in [9.17, 15) is 4.79 Å². The van der Waals surface area contributed by atoms with Crippen LogP contribution in [0.3, 0.4) is 0 Å². The SMILES string of the molecule is CCCCCCCCCCCCCCCCCC(=O)O[C@H]1CC[C@@]2(C)C(=CC[C@H]3[C@@H]4CC[C@@H]([C@@H](C)CCCC(C)C)[C@@]4(C)CC[C@@H]32)C1. The molecule has 0 spiro atoms. The molecule has 2 heteroatoms. The van der Waals surface area contributed by atoms with E-state index in [1.165, 1.54) is 148 Å². The molecule has 0 unspecified atom stereocenters. The summed E-state index contributed by atoms with van der Waals surface area (Å²) in [7, 11) is 0. The van der Waals surface area contributed by atoms with E-state index >= 15 is 0 Å². The molecule has 0 aromatic heterocycles. The Kier molecular flexibility index (Phi) is 16.2. The number of esters is 1. The Morgan fingerprint density at radius 2 is 1.36 bits per heavy atom. The zero-order valence-corrected chi connectivity index (χ0v) is 32.5. The van der Waals surface area contributed by atoms with Gasteiger partial charge in [0.05, 0.1) is 0 Å². The van der Waals surface area contributed by atoms with Gasteiger partial charge in [-0.25, -0.2) is 0 Å². The third-order valence-corrected chi connectivity index (χ3v) is 14.5. The van der Waals surface area contributed by atoms with E-state index in [0.29, 0.717) is 17.3 Å². The van der Waals surface area contributed by atoms with Crippen molar-refractivity contribution < 1.29 is 9.53 Å². The number of ether oxygens (including phenoxy) is 1. The van der Waals surface area contributed by atoms with Gasteiger partial charge in [-0.2, -0.15) is 0 Å². The van der Waals surface area contributed by atoms with Crippen molar-refractivity contribution in [2.24, 2.45) is 46.3 Å². The van der Waals surface area contributed by atoms with Crippen LogP contribution in [0.4, 0.5) is 0 Å². The zero-order chi connectivity index (χ0) is 33.7. The Morgan fingerprint density at radius 1 is 0.745 bits per heavy atom. The van der Waals surface area contributed by atoms with Gasteiger partial charge in [0.25, 0.3) is 0 Å². The highest BCUT2D eigenvalue weighted by Crippen LogP contribution is 2.67. The van der Waals surface area contributed by atoms with Crippen molar-refractivity contribution in [1.82, 2.24) is 0 Å². The van der Waals surface area contributed by atoms with Crippen LogP contribution in [0.2, 0.25) is 0 Å². The molecule has 0 amide bonds. The van der Waals surface area contributed by atoms with Gasteiger partial charge in [-0.05, 0) is 97.7 Å². The molecule has 0 saturated heterocycles. The molecule has 8 atom stereocenters. The van der Waals surface area contributed by atoms with Crippen molar-refractivity contribution in [3.05, 3.63) is 11.6 Å². The minimum atomic E-state index is 0.0653. The van der Waals surface area contributed by atoms with E-state index in [0.717, 1.165) is 54.8 Å². The summed E-state index contributed by atoms with van der Waals surface area (Å²) in [5.41, 5.74) is 2.54. The van der Waals surface area contributed by atoms with E-state index in [2.05, 4.69) is 47.6 Å². The molecule has 0 aliphatic heterocycles. The van der Waals surface area contributed by atoms with Gasteiger partial charge in [-0.15, -0.1) is 0 Å². The first-order chi connectivity index (χ1) is 22.7. The van der Waals surface area contributed by atoms with Crippen LogP contribution in [0.15, 0.2) is 11.6 Å². The molecule has 3 saturated carbocycles. The van der Waals surface area contributed by atoms with Gasteiger partial charge >= 0.3 is 5.97 Å². The lowest BCUT2D eigenvalue weighted by atomic mass is 9.47. The highest BCUT2D eigenvalue weighted by atomic mass is 16.5. The van der Waals surface area contributed by atoms with Crippen LogP contribution in [0.1, 0.15) is 215 Å². The van der Waals surface area contributed by atoms with E-state index < -0.39 is 0 Å². The first-order valence-corrected chi connectivity index (χ1v) is 21.6. The smallest absolute Gasteiger partial charge is 0.306 e. The average Bonchev–Trinajstić information content (AvgIpc) is 3.40. The highest BCUT2D eigenvalue weighted by Gasteiger charge is 2.59. The second-order valence-electron chi connectivity index (χ2n) is 18.3. The van der Waals surface area contributed by atoms with E-state index in [4.69, 9.17) is 4.74 Å². The summed E-state index contributed by atoms with van der Waals surface area (Å²) in [6, 6.07) is 0. The quantitative estimate of drug-likeness (QED) is 0.0661. The van der Waals surface area contributed by atoms with Crippen LogP contribution in [-0.2, 0) is 9.53 Å².